The van der Waals surface area contributed by atoms with Crippen LogP contribution in [0.1, 0.15) is 20.3 Å². The zero-order valence-corrected chi connectivity index (χ0v) is 4.85. The van der Waals surface area contributed by atoms with Crippen LogP contribution < -0.4 is 0 Å². The van der Waals surface area contributed by atoms with E-state index in [0.29, 0.717) is 12.5 Å². The molecular weight excluding hydrogens is 119 g/mol. The quantitative estimate of drug-likeness (QED) is 0.342. The first-order valence-electron chi connectivity index (χ1n) is 2.53. The summed E-state index contributed by atoms with van der Waals surface area (Å²) in [4.78, 5) is 3.85. The Morgan fingerprint density at radius 1 is 1.50 bits per heavy atom. The highest BCUT2D eigenvalue weighted by atomic mass is 27.0. The zero-order valence-electron chi connectivity index (χ0n) is 4.85. The molecule has 0 amide bonds. The van der Waals surface area contributed by atoms with E-state index in [-0.39, 0.29) is 17.4 Å². The summed E-state index contributed by atoms with van der Waals surface area (Å²) in [5.41, 5.74) is 0. The summed E-state index contributed by atoms with van der Waals surface area (Å²) in [5.74, 6) is 0.618. The summed E-state index contributed by atoms with van der Waals surface area (Å²) in [5, 5.41) is 7.82. The number of hydrogen-bond acceptors (Lipinski definition) is 2. The Balaban J connectivity index is 0. The Hall–Kier alpha value is 0.452. The smallest absolute Gasteiger partial charge is 0.187 e. The maximum absolute atomic E-state index is 7.82. The molecule has 0 radical (unpaired) electrons. The van der Waals surface area contributed by atoms with Crippen molar-refractivity contribution in [1.29, 1.82) is 0 Å². The highest BCUT2D eigenvalue weighted by Crippen LogP contribution is 1.96. The van der Waals surface area contributed by atoms with Gasteiger partial charge in [0.1, 0.15) is 0 Å². The van der Waals surface area contributed by atoms with Gasteiger partial charge >= 0.3 is 0 Å². The molecule has 0 fully saturated rings. The second-order valence-corrected chi connectivity index (χ2v) is 2.02. The van der Waals surface area contributed by atoms with E-state index in [2.05, 4.69) is 18.7 Å². The van der Waals surface area contributed by atoms with Crippen molar-refractivity contribution in [3.05, 3.63) is 0 Å². The number of rotatable bonds is 3. The van der Waals surface area contributed by atoms with E-state index in [4.69, 9.17) is 5.26 Å². The van der Waals surface area contributed by atoms with Gasteiger partial charge in [0.25, 0.3) is 0 Å². The maximum atomic E-state index is 7.82. The van der Waals surface area contributed by atoms with E-state index in [1.165, 1.54) is 0 Å². The Labute approximate surface area is 60.9 Å². The molecule has 0 bridgehead atoms. The average Bonchev–Trinajstić information content (AvgIpc) is 1.61. The van der Waals surface area contributed by atoms with E-state index in [0.717, 1.165) is 6.42 Å². The lowest BCUT2D eigenvalue weighted by Crippen LogP contribution is -1.94. The second kappa shape index (κ2) is 7.45. The van der Waals surface area contributed by atoms with Gasteiger partial charge in [-0.3, -0.25) is 5.26 Å². The highest BCUT2D eigenvalue weighted by molar-refractivity contribution is 5.75. The fraction of sp³-hybridized carbons (Fsp3) is 1.00. The summed E-state index contributed by atoms with van der Waals surface area (Å²) in [7, 11) is 0. The lowest BCUT2D eigenvalue weighted by molar-refractivity contribution is -0.243. The molecule has 0 unspecified atom stereocenters. The molecular formula is C5H15AlO2. The van der Waals surface area contributed by atoms with Crippen molar-refractivity contribution in [2.45, 2.75) is 20.3 Å². The summed E-state index contributed by atoms with van der Waals surface area (Å²) in [6.45, 7) is 4.62. The molecule has 0 aliphatic carbocycles. The van der Waals surface area contributed by atoms with Crippen molar-refractivity contribution >= 4 is 17.4 Å². The van der Waals surface area contributed by atoms with Gasteiger partial charge in [-0.05, 0) is 12.3 Å². The van der Waals surface area contributed by atoms with Gasteiger partial charge in [-0.1, -0.05) is 13.8 Å². The molecule has 1 N–H and O–H groups in total. The van der Waals surface area contributed by atoms with Crippen LogP contribution in [-0.2, 0) is 4.89 Å². The molecule has 2 nitrogen and oxygen atoms in total. The third-order valence-electron chi connectivity index (χ3n) is 0.786. The molecule has 0 aliphatic heterocycles. The molecule has 50 valence electrons. The van der Waals surface area contributed by atoms with E-state index in [1.54, 1.807) is 0 Å². The zero-order chi connectivity index (χ0) is 5.70. The third-order valence-corrected chi connectivity index (χ3v) is 0.786. The van der Waals surface area contributed by atoms with Crippen LogP contribution in [0.3, 0.4) is 0 Å². The summed E-state index contributed by atoms with van der Waals surface area (Å²) in [6.07, 6.45) is 0.927. The molecule has 0 saturated heterocycles. The van der Waals surface area contributed by atoms with Gasteiger partial charge in [-0.25, -0.2) is 4.89 Å². The topological polar surface area (TPSA) is 29.5 Å². The van der Waals surface area contributed by atoms with Crippen molar-refractivity contribution in [1.82, 2.24) is 0 Å². The number of hydrogen-bond donors (Lipinski definition) is 1. The van der Waals surface area contributed by atoms with Crippen LogP contribution in [-0.4, -0.2) is 29.2 Å². The molecule has 0 atom stereocenters. The molecule has 0 aromatic rings. The minimum atomic E-state index is 0. The van der Waals surface area contributed by atoms with Gasteiger partial charge in [-0.2, -0.15) is 0 Å². The van der Waals surface area contributed by atoms with Crippen molar-refractivity contribution in [3.8, 4) is 0 Å². The molecule has 0 rings (SSSR count). The second-order valence-electron chi connectivity index (χ2n) is 2.02. The summed E-state index contributed by atoms with van der Waals surface area (Å²) in [6, 6.07) is 0. The van der Waals surface area contributed by atoms with Crippen LogP contribution in [0.25, 0.3) is 0 Å². The monoisotopic (exact) mass is 134 g/mol. The minimum absolute atomic E-state index is 0. The van der Waals surface area contributed by atoms with Gasteiger partial charge in [0, 0.05) is 0 Å². The first kappa shape index (κ1) is 11.3. The average molecular weight is 134 g/mol. The van der Waals surface area contributed by atoms with Crippen LogP contribution in [0.4, 0.5) is 0 Å². The predicted molar refractivity (Wildman–Crippen MR) is 38.0 cm³/mol. The van der Waals surface area contributed by atoms with Crippen LogP contribution in [0.2, 0.25) is 0 Å². The van der Waals surface area contributed by atoms with Gasteiger partial charge in [-0.15, -0.1) is 0 Å². The molecule has 0 spiro atoms. The lowest BCUT2D eigenvalue weighted by atomic mass is 10.1. The standard InChI is InChI=1S/C5H12O2.Al.3H/c1-5(2)3-4-7-6;;;;/h5-6H,3-4H2,1-2H3;;;;. The van der Waals surface area contributed by atoms with Crippen molar-refractivity contribution in [2.75, 3.05) is 6.61 Å². The summed E-state index contributed by atoms with van der Waals surface area (Å²) < 4.78 is 0. The Bertz CT molecular complexity index is 39.4. The normalized spacial score (nSPS) is 9.00. The van der Waals surface area contributed by atoms with Crippen molar-refractivity contribution in [3.63, 3.8) is 0 Å². The van der Waals surface area contributed by atoms with Crippen LogP contribution in [0, 0.1) is 5.92 Å². The SMILES string of the molecule is CC(C)CCOO.[AlH3]. The van der Waals surface area contributed by atoms with Gasteiger partial charge in [0.05, 0.1) is 6.61 Å². The molecule has 0 heterocycles. The van der Waals surface area contributed by atoms with Crippen LogP contribution >= 0.6 is 0 Å². The van der Waals surface area contributed by atoms with E-state index >= 15 is 0 Å². The maximum Gasteiger partial charge on any atom is 0.187 e. The molecule has 0 aromatic heterocycles. The van der Waals surface area contributed by atoms with E-state index in [1.807, 2.05) is 0 Å². The molecule has 0 aromatic carbocycles. The molecule has 3 heteroatoms. The van der Waals surface area contributed by atoms with E-state index in [9.17, 15) is 0 Å². The van der Waals surface area contributed by atoms with Crippen LogP contribution in [0.15, 0.2) is 0 Å². The Morgan fingerprint density at radius 3 is 2.12 bits per heavy atom. The summed E-state index contributed by atoms with van der Waals surface area (Å²) >= 11 is 0. The Kier molecular flexibility index (Phi) is 10.5. The first-order chi connectivity index (χ1) is 3.27. The minimum Gasteiger partial charge on any atom is -0.252 e. The van der Waals surface area contributed by atoms with Crippen molar-refractivity contribution < 1.29 is 10.1 Å². The third kappa shape index (κ3) is 9.68. The lowest BCUT2D eigenvalue weighted by Gasteiger charge is -1.98. The van der Waals surface area contributed by atoms with Crippen LogP contribution in [0.5, 0.6) is 0 Å². The largest absolute Gasteiger partial charge is 0.252 e. The molecule has 8 heavy (non-hydrogen) atoms. The fourth-order valence-corrected chi connectivity index (χ4v) is 0.288. The van der Waals surface area contributed by atoms with Gasteiger partial charge < -0.3 is 0 Å². The molecule has 0 aliphatic rings. The van der Waals surface area contributed by atoms with Gasteiger partial charge in [0.2, 0.25) is 0 Å². The fourth-order valence-electron chi connectivity index (χ4n) is 0.288. The highest BCUT2D eigenvalue weighted by Gasteiger charge is 1.90. The van der Waals surface area contributed by atoms with Crippen molar-refractivity contribution in [2.24, 2.45) is 5.92 Å². The van der Waals surface area contributed by atoms with Gasteiger partial charge in [0.15, 0.2) is 17.4 Å². The molecule has 0 saturated carbocycles. The Morgan fingerprint density at radius 2 is 2.00 bits per heavy atom. The van der Waals surface area contributed by atoms with E-state index < -0.39 is 0 Å². The predicted octanol–water partition coefficient (Wildman–Crippen LogP) is 0.338. The first-order valence-corrected chi connectivity index (χ1v) is 2.53.